The van der Waals surface area contributed by atoms with Crippen LogP contribution >= 0.6 is 7.82 Å². The van der Waals surface area contributed by atoms with Crippen molar-refractivity contribution in [2.45, 2.75) is 180 Å². The second-order valence-electron chi connectivity index (χ2n) is 14.0. The number of aliphatic hydroxyl groups excluding tert-OH is 1. The van der Waals surface area contributed by atoms with Crippen molar-refractivity contribution in [1.29, 1.82) is 0 Å². The van der Waals surface area contributed by atoms with Crippen molar-refractivity contribution in [3.05, 3.63) is 0 Å². The highest BCUT2D eigenvalue weighted by molar-refractivity contribution is 7.47. The van der Waals surface area contributed by atoms with Gasteiger partial charge in [-0.05, 0) is 12.8 Å². The zero-order valence-electron chi connectivity index (χ0n) is 29.7. The van der Waals surface area contributed by atoms with E-state index in [1.54, 1.807) is 0 Å². The minimum atomic E-state index is -4.29. The summed E-state index contributed by atoms with van der Waals surface area (Å²) in [5, 5.41) is 13.8. The lowest BCUT2D eigenvalue weighted by Gasteiger charge is -2.26. The van der Waals surface area contributed by atoms with E-state index < -0.39 is 20.0 Å². The van der Waals surface area contributed by atoms with Crippen LogP contribution in [0.2, 0.25) is 0 Å². The Hall–Kier alpha value is -0.500. The van der Waals surface area contributed by atoms with E-state index in [9.17, 15) is 19.4 Å². The number of rotatable bonds is 33. The van der Waals surface area contributed by atoms with E-state index in [1.807, 2.05) is 21.1 Å². The number of phosphoric ester groups is 1. The molecule has 3 atom stereocenters. The fraction of sp³-hybridized carbons (Fsp3) is 0.971. The lowest BCUT2D eigenvalue weighted by molar-refractivity contribution is -0.870. The summed E-state index contributed by atoms with van der Waals surface area (Å²) in [5.41, 5.74) is 0. The fourth-order valence-corrected chi connectivity index (χ4v) is 6.07. The highest BCUT2D eigenvalue weighted by atomic mass is 31.2. The number of phosphoric acid groups is 1. The predicted octanol–water partition coefficient (Wildman–Crippen LogP) is 9.07. The maximum atomic E-state index is 12.7. The lowest BCUT2D eigenvalue weighted by atomic mass is 10.0. The number of nitrogens with zero attached hydrogens (tertiary/aromatic N) is 1. The monoisotopic (exact) mass is 650 g/mol. The average Bonchev–Trinajstić information content (AvgIpc) is 2.95. The van der Waals surface area contributed by atoms with Gasteiger partial charge in [0.15, 0.2) is 0 Å². The molecule has 0 heterocycles. The zero-order chi connectivity index (χ0) is 32.9. The van der Waals surface area contributed by atoms with Gasteiger partial charge in [-0.1, -0.05) is 149 Å². The topological polar surface area (TPSA) is 105 Å². The van der Waals surface area contributed by atoms with Crippen LogP contribution in [0.5, 0.6) is 0 Å². The maximum absolute atomic E-state index is 12.7. The average molecular weight is 650 g/mol. The van der Waals surface area contributed by atoms with E-state index >= 15 is 0 Å². The van der Waals surface area contributed by atoms with E-state index in [-0.39, 0.29) is 19.1 Å². The number of hydrogen-bond acceptors (Lipinski definition) is 5. The van der Waals surface area contributed by atoms with Crippen LogP contribution in [0.25, 0.3) is 0 Å². The van der Waals surface area contributed by atoms with Gasteiger partial charge in [0.2, 0.25) is 5.91 Å². The van der Waals surface area contributed by atoms with Crippen molar-refractivity contribution in [3.63, 3.8) is 0 Å². The molecule has 0 bridgehead atoms. The van der Waals surface area contributed by atoms with E-state index in [2.05, 4.69) is 19.2 Å². The molecule has 3 N–H and O–H groups in total. The minimum Gasteiger partial charge on any atom is -0.391 e. The molecule has 0 aromatic carbocycles. The van der Waals surface area contributed by atoms with Crippen LogP contribution in [0.15, 0.2) is 0 Å². The minimum absolute atomic E-state index is 0.0778. The van der Waals surface area contributed by atoms with Gasteiger partial charge in [0.1, 0.15) is 13.2 Å². The molecule has 0 saturated heterocycles. The van der Waals surface area contributed by atoms with Gasteiger partial charge >= 0.3 is 7.82 Å². The summed E-state index contributed by atoms with van der Waals surface area (Å²) in [4.78, 5) is 22.9. The number of amides is 1. The number of unbranched alkanes of at least 4 members (excludes halogenated alkanes) is 20. The summed E-state index contributed by atoms with van der Waals surface area (Å²) in [6.45, 7) is 4.85. The fourth-order valence-electron chi connectivity index (χ4n) is 5.34. The van der Waals surface area contributed by atoms with Crippen molar-refractivity contribution in [3.8, 4) is 0 Å². The largest absolute Gasteiger partial charge is 0.472 e. The molecule has 0 aromatic rings. The van der Waals surface area contributed by atoms with Crippen molar-refractivity contribution in [2.75, 3.05) is 40.9 Å². The quantitative estimate of drug-likeness (QED) is 0.0372. The summed E-state index contributed by atoms with van der Waals surface area (Å²) in [5.74, 6) is -0.147. The molecule has 0 fully saturated rings. The molecule has 1 amide bonds. The van der Waals surface area contributed by atoms with Gasteiger partial charge in [0, 0.05) is 6.42 Å². The van der Waals surface area contributed by atoms with E-state index in [1.165, 1.54) is 103 Å². The van der Waals surface area contributed by atoms with Crippen LogP contribution < -0.4 is 5.32 Å². The van der Waals surface area contributed by atoms with Gasteiger partial charge in [-0.25, -0.2) is 4.57 Å². The van der Waals surface area contributed by atoms with Gasteiger partial charge in [-0.15, -0.1) is 0 Å². The maximum Gasteiger partial charge on any atom is 0.472 e. The molecule has 0 aromatic heterocycles. The third kappa shape index (κ3) is 30.2. The van der Waals surface area contributed by atoms with Gasteiger partial charge in [0.25, 0.3) is 0 Å². The van der Waals surface area contributed by atoms with Gasteiger partial charge in [-0.2, -0.15) is 0 Å². The summed E-state index contributed by atoms with van der Waals surface area (Å²) in [6.07, 6.45) is 26.9. The Morgan fingerprint density at radius 2 is 1.09 bits per heavy atom. The molecule has 0 saturated carbocycles. The summed E-state index contributed by atoms with van der Waals surface area (Å²) >= 11 is 0. The molecule has 0 aliphatic carbocycles. The van der Waals surface area contributed by atoms with E-state index in [0.29, 0.717) is 23.9 Å². The molecule has 0 rings (SSSR count). The number of likely N-dealkylation sites (N-methyl/N-ethyl adjacent to an activating group) is 1. The highest BCUT2D eigenvalue weighted by Crippen LogP contribution is 2.43. The Balaban J connectivity index is 4.49. The SMILES string of the molecule is CCCCCCCCCCCCCC(=O)NC(COP(=O)(O)OCC[N+](C)(C)C)C(O)CCCCCCCCCCCCC. The molecule has 264 valence electrons. The number of carbonyl (C=O) groups is 1. The zero-order valence-corrected chi connectivity index (χ0v) is 30.6. The van der Waals surface area contributed by atoms with Crippen molar-refractivity contribution in [1.82, 2.24) is 5.32 Å². The van der Waals surface area contributed by atoms with Crippen LogP contribution in [0, 0.1) is 0 Å². The van der Waals surface area contributed by atoms with E-state index in [0.717, 1.165) is 38.5 Å². The van der Waals surface area contributed by atoms with Crippen LogP contribution in [0.4, 0.5) is 0 Å². The molecular formula is C35H74N2O6P+. The van der Waals surface area contributed by atoms with E-state index in [4.69, 9.17) is 9.05 Å². The smallest absolute Gasteiger partial charge is 0.391 e. The van der Waals surface area contributed by atoms with Crippen molar-refractivity contribution in [2.24, 2.45) is 0 Å². The van der Waals surface area contributed by atoms with Gasteiger partial charge in [0.05, 0.1) is 39.9 Å². The Morgan fingerprint density at radius 3 is 1.52 bits per heavy atom. The number of aliphatic hydroxyl groups is 1. The first-order chi connectivity index (χ1) is 21.0. The standard InChI is InChI=1S/C35H73N2O6P/c1-6-8-10-12-14-16-18-20-22-24-26-28-34(38)33(32-43-44(40,41)42-31-30-37(3,4)5)36-35(39)29-27-25-23-21-19-17-15-13-11-9-7-2/h33-34,38H,6-32H2,1-5H3,(H-,36,39,40,41)/p+1. The summed E-state index contributed by atoms with van der Waals surface area (Å²) in [7, 11) is 1.62. The number of quaternary nitrogens is 1. The second-order valence-corrected chi connectivity index (χ2v) is 15.4. The molecule has 9 heteroatoms. The first-order valence-electron chi connectivity index (χ1n) is 18.4. The summed E-state index contributed by atoms with van der Waals surface area (Å²) < 4.78 is 23.4. The normalized spacial score (nSPS) is 14.8. The molecule has 8 nitrogen and oxygen atoms in total. The Labute approximate surface area is 272 Å². The Morgan fingerprint density at radius 1 is 0.682 bits per heavy atom. The second kappa shape index (κ2) is 28.7. The van der Waals surface area contributed by atoms with Crippen molar-refractivity contribution < 1.29 is 32.9 Å². The molecule has 0 radical (unpaired) electrons. The van der Waals surface area contributed by atoms with Gasteiger partial charge in [-0.3, -0.25) is 13.8 Å². The number of carbonyl (C=O) groups excluding carboxylic acids is 1. The van der Waals surface area contributed by atoms with Crippen LogP contribution in [-0.2, 0) is 18.4 Å². The molecule has 0 spiro atoms. The molecule has 3 unspecified atom stereocenters. The number of hydrogen-bond donors (Lipinski definition) is 3. The number of nitrogens with one attached hydrogen (secondary N) is 1. The first-order valence-corrected chi connectivity index (χ1v) is 19.9. The van der Waals surface area contributed by atoms with Gasteiger partial charge < -0.3 is 19.8 Å². The molecule has 44 heavy (non-hydrogen) atoms. The van der Waals surface area contributed by atoms with Crippen LogP contribution in [-0.4, -0.2) is 73.4 Å². The third-order valence-electron chi connectivity index (χ3n) is 8.36. The predicted molar refractivity (Wildman–Crippen MR) is 185 cm³/mol. The highest BCUT2D eigenvalue weighted by Gasteiger charge is 2.28. The van der Waals surface area contributed by atoms with Crippen LogP contribution in [0.1, 0.15) is 168 Å². The Kier molecular flexibility index (Phi) is 28.4. The molecule has 0 aliphatic heterocycles. The first kappa shape index (κ1) is 43.5. The lowest BCUT2D eigenvalue weighted by Crippen LogP contribution is -2.46. The molecule has 0 aliphatic rings. The summed E-state index contributed by atoms with van der Waals surface area (Å²) in [6, 6.07) is -0.749. The Bertz CT molecular complexity index is 703. The van der Waals surface area contributed by atoms with Crippen molar-refractivity contribution >= 4 is 13.7 Å². The molecular weight excluding hydrogens is 575 g/mol. The third-order valence-corrected chi connectivity index (χ3v) is 9.34. The van der Waals surface area contributed by atoms with Crippen LogP contribution in [0.3, 0.4) is 0 Å².